The summed E-state index contributed by atoms with van der Waals surface area (Å²) in [7, 11) is 0. The van der Waals surface area contributed by atoms with Crippen LogP contribution in [0.15, 0.2) is 24.3 Å². The number of benzene rings is 1. The van der Waals surface area contributed by atoms with Gasteiger partial charge in [0.15, 0.2) is 5.82 Å². The normalized spacial score (nSPS) is 10.7. The lowest BCUT2D eigenvalue weighted by atomic mass is 10.1. The Labute approximate surface area is 125 Å². The van der Waals surface area contributed by atoms with Crippen molar-refractivity contribution in [2.45, 2.75) is 19.8 Å². The van der Waals surface area contributed by atoms with E-state index in [0.717, 1.165) is 11.8 Å². The van der Waals surface area contributed by atoms with E-state index in [2.05, 4.69) is 15.5 Å². The highest BCUT2D eigenvalue weighted by atomic mass is 35.5. The molecule has 0 radical (unpaired) electrons. The van der Waals surface area contributed by atoms with Crippen LogP contribution < -0.4 is 5.32 Å². The predicted octanol–water partition coefficient (Wildman–Crippen LogP) is 3.35. The van der Waals surface area contributed by atoms with E-state index in [1.165, 1.54) is 12.1 Å². The van der Waals surface area contributed by atoms with Crippen LogP contribution in [0.25, 0.3) is 0 Å². The Bertz CT molecular complexity index is 696. The van der Waals surface area contributed by atoms with E-state index in [-0.39, 0.29) is 22.2 Å². The molecule has 2 rings (SSSR count). The summed E-state index contributed by atoms with van der Waals surface area (Å²) < 4.78 is 0. The third-order valence-electron chi connectivity index (χ3n) is 2.87. The molecule has 0 spiro atoms. The predicted molar refractivity (Wildman–Crippen MR) is 78.7 cm³/mol. The maximum atomic E-state index is 12.0. The molecule has 0 bridgehead atoms. The first-order valence-corrected chi connectivity index (χ1v) is 6.57. The van der Waals surface area contributed by atoms with Crippen molar-refractivity contribution in [3.63, 3.8) is 0 Å². The lowest BCUT2D eigenvalue weighted by Gasteiger charge is -2.02. The van der Waals surface area contributed by atoms with Crippen molar-refractivity contribution in [1.29, 1.82) is 0 Å². The highest BCUT2D eigenvalue weighted by molar-refractivity contribution is 6.32. The number of hydrogen-bond acceptors (Lipinski definition) is 4. The summed E-state index contributed by atoms with van der Waals surface area (Å²) >= 11 is 5.70. The van der Waals surface area contributed by atoms with Gasteiger partial charge in [-0.25, -0.2) is 0 Å². The number of hydrogen-bond donors (Lipinski definition) is 2. The van der Waals surface area contributed by atoms with Gasteiger partial charge in [0.2, 0.25) is 0 Å². The number of amides is 1. The van der Waals surface area contributed by atoms with E-state index in [0.29, 0.717) is 5.82 Å². The van der Waals surface area contributed by atoms with Gasteiger partial charge in [0, 0.05) is 23.4 Å². The number of carbonyl (C=O) groups excluding carboxylic acids is 1. The van der Waals surface area contributed by atoms with Crippen molar-refractivity contribution in [3.8, 4) is 0 Å². The number of anilines is 1. The van der Waals surface area contributed by atoms with E-state index in [4.69, 9.17) is 11.6 Å². The monoisotopic (exact) mass is 308 g/mol. The third-order valence-corrected chi connectivity index (χ3v) is 3.19. The van der Waals surface area contributed by atoms with Gasteiger partial charge in [0.25, 0.3) is 11.6 Å². The summed E-state index contributed by atoms with van der Waals surface area (Å²) in [5, 5.41) is 20.1. The van der Waals surface area contributed by atoms with Gasteiger partial charge >= 0.3 is 0 Å². The molecule has 0 saturated carbocycles. The van der Waals surface area contributed by atoms with Crippen molar-refractivity contribution >= 4 is 29.0 Å². The van der Waals surface area contributed by atoms with Gasteiger partial charge in [-0.05, 0) is 18.1 Å². The summed E-state index contributed by atoms with van der Waals surface area (Å²) in [5.74, 6) is 0.123. The molecule has 1 heterocycles. The molecular weight excluding hydrogens is 296 g/mol. The molecule has 1 aromatic heterocycles. The van der Waals surface area contributed by atoms with Crippen LogP contribution in [0.5, 0.6) is 0 Å². The van der Waals surface area contributed by atoms with Gasteiger partial charge < -0.3 is 5.32 Å². The SMILES string of the molecule is CC(C)c1cc(NC(=O)c2ccc(Cl)c([N+](=O)[O-])c2)n[nH]1. The molecule has 2 N–H and O–H groups in total. The molecule has 0 aliphatic rings. The second kappa shape index (κ2) is 5.92. The number of carbonyl (C=O) groups is 1. The zero-order valence-electron chi connectivity index (χ0n) is 11.4. The fourth-order valence-corrected chi connectivity index (χ4v) is 1.87. The molecule has 21 heavy (non-hydrogen) atoms. The number of rotatable bonds is 4. The fourth-order valence-electron chi connectivity index (χ4n) is 1.68. The number of aromatic nitrogens is 2. The molecule has 0 saturated heterocycles. The average Bonchev–Trinajstić information content (AvgIpc) is 2.87. The number of nitrogens with one attached hydrogen (secondary N) is 2. The van der Waals surface area contributed by atoms with Crippen molar-refractivity contribution in [1.82, 2.24) is 10.2 Å². The Balaban J connectivity index is 2.20. The van der Waals surface area contributed by atoms with Crippen LogP contribution in [0.1, 0.15) is 35.8 Å². The number of nitro groups is 1. The fraction of sp³-hybridized carbons (Fsp3) is 0.231. The first-order chi connectivity index (χ1) is 9.88. The van der Waals surface area contributed by atoms with Crippen molar-refractivity contribution in [2.75, 3.05) is 5.32 Å². The molecule has 0 atom stereocenters. The molecule has 1 aromatic carbocycles. The molecule has 8 heteroatoms. The lowest BCUT2D eigenvalue weighted by Crippen LogP contribution is -2.12. The van der Waals surface area contributed by atoms with Gasteiger partial charge in [-0.2, -0.15) is 5.10 Å². The second-order valence-corrected chi connectivity index (χ2v) is 5.15. The minimum absolute atomic E-state index is 0.0154. The second-order valence-electron chi connectivity index (χ2n) is 4.74. The maximum Gasteiger partial charge on any atom is 0.288 e. The Hall–Kier alpha value is -2.41. The van der Waals surface area contributed by atoms with Crippen molar-refractivity contribution < 1.29 is 9.72 Å². The first kappa shape index (κ1) is 15.0. The molecule has 0 aliphatic carbocycles. The summed E-state index contributed by atoms with van der Waals surface area (Å²) in [6.07, 6.45) is 0. The van der Waals surface area contributed by atoms with Gasteiger partial charge in [-0.1, -0.05) is 25.4 Å². The van der Waals surface area contributed by atoms with Crippen molar-refractivity contribution in [3.05, 3.63) is 50.7 Å². The van der Waals surface area contributed by atoms with E-state index < -0.39 is 10.8 Å². The summed E-state index contributed by atoms with van der Waals surface area (Å²) in [6.45, 7) is 3.98. The molecule has 0 fully saturated rings. The molecule has 110 valence electrons. The van der Waals surface area contributed by atoms with Crippen LogP contribution in [0.4, 0.5) is 11.5 Å². The number of halogens is 1. The minimum atomic E-state index is -0.634. The molecule has 2 aromatic rings. The zero-order chi connectivity index (χ0) is 15.6. The molecule has 0 aliphatic heterocycles. The minimum Gasteiger partial charge on any atom is -0.305 e. The van der Waals surface area contributed by atoms with Gasteiger partial charge in [0.1, 0.15) is 5.02 Å². The molecular formula is C13H13ClN4O3. The van der Waals surface area contributed by atoms with Gasteiger partial charge in [-0.15, -0.1) is 0 Å². The first-order valence-electron chi connectivity index (χ1n) is 6.19. The van der Waals surface area contributed by atoms with E-state index in [1.807, 2.05) is 13.8 Å². The van der Waals surface area contributed by atoms with Crippen LogP contribution in [-0.4, -0.2) is 21.0 Å². The van der Waals surface area contributed by atoms with E-state index in [9.17, 15) is 14.9 Å². The van der Waals surface area contributed by atoms with Crippen LogP contribution in [0.2, 0.25) is 5.02 Å². The van der Waals surface area contributed by atoms with Crippen LogP contribution >= 0.6 is 11.6 Å². The number of aromatic amines is 1. The topological polar surface area (TPSA) is 101 Å². The zero-order valence-corrected chi connectivity index (χ0v) is 12.1. The molecule has 7 nitrogen and oxygen atoms in total. The van der Waals surface area contributed by atoms with Gasteiger partial charge in [-0.3, -0.25) is 20.0 Å². The Morgan fingerprint density at radius 2 is 2.14 bits per heavy atom. The summed E-state index contributed by atoms with van der Waals surface area (Å²) in [5.41, 5.74) is 0.710. The lowest BCUT2D eigenvalue weighted by molar-refractivity contribution is -0.384. The van der Waals surface area contributed by atoms with Crippen molar-refractivity contribution in [2.24, 2.45) is 0 Å². The Morgan fingerprint density at radius 1 is 1.43 bits per heavy atom. The summed E-state index contributed by atoms with van der Waals surface area (Å²) in [4.78, 5) is 22.2. The Kier molecular flexibility index (Phi) is 4.23. The standard InChI is InChI=1S/C13H13ClN4O3/c1-7(2)10-6-12(17-16-10)15-13(19)8-3-4-9(14)11(5-8)18(20)21/h3-7H,1-2H3,(H2,15,16,17,19). The largest absolute Gasteiger partial charge is 0.305 e. The number of nitrogens with zero attached hydrogens (tertiary/aromatic N) is 2. The van der Waals surface area contributed by atoms with Gasteiger partial charge in [0.05, 0.1) is 4.92 Å². The highest BCUT2D eigenvalue weighted by Gasteiger charge is 2.17. The van der Waals surface area contributed by atoms with E-state index >= 15 is 0 Å². The Morgan fingerprint density at radius 3 is 2.71 bits per heavy atom. The molecule has 1 amide bonds. The van der Waals surface area contributed by atoms with Crippen LogP contribution in [-0.2, 0) is 0 Å². The number of nitro benzene ring substituents is 1. The smallest absolute Gasteiger partial charge is 0.288 e. The van der Waals surface area contributed by atoms with Crippen LogP contribution in [0.3, 0.4) is 0 Å². The summed E-state index contributed by atoms with van der Waals surface area (Å²) in [6, 6.07) is 5.58. The maximum absolute atomic E-state index is 12.0. The average molecular weight is 309 g/mol. The highest BCUT2D eigenvalue weighted by Crippen LogP contribution is 2.25. The van der Waals surface area contributed by atoms with E-state index in [1.54, 1.807) is 6.07 Å². The third kappa shape index (κ3) is 3.38. The van der Waals surface area contributed by atoms with Crippen LogP contribution in [0, 0.1) is 10.1 Å². The quantitative estimate of drug-likeness (QED) is 0.668. The number of H-pyrrole nitrogens is 1. The molecule has 0 unspecified atom stereocenters.